The molecule has 0 fully saturated rings. The number of thioether (sulfide) groups is 1. The standard InChI is InChI=1S/C18H18F3NO2S/c1-24-12-11-22(13-14-5-3-2-4-6-14)17(23)15-7-9-16(10-8-15)25-18(19,20)21/h2-10H,11-13H2,1H3. The van der Waals surface area contributed by atoms with E-state index in [2.05, 4.69) is 0 Å². The fourth-order valence-electron chi connectivity index (χ4n) is 2.24. The lowest BCUT2D eigenvalue weighted by molar-refractivity contribution is -0.0328. The zero-order valence-corrected chi connectivity index (χ0v) is 14.4. The van der Waals surface area contributed by atoms with Crippen molar-refractivity contribution in [2.24, 2.45) is 0 Å². The van der Waals surface area contributed by atoms with Crippen LogP contribution in [0.1, 0.15) is 15.9 Å². The lowest BCUT2D eigenvalue weighted by atomic mass is 10.1. The highest BCUT2D eigenvalue weighted by atomic mass is 32.2. The Morgan fingerprint density at radius 2 is 1.72 bits per heavy atom. The number of carbonyl (C=O) groups excluding carboxylic acids is 1. The van der Waals surface area contributed by atoms with Crippen molar-refractivity contribution in [2.75, 3.05) is 20.3 Å². The molecule has 0 unspecified atom stereocenters. The number of hydrogen-bond acceptors (Lipinski definition) is 3. The smallest absolute Gasteiger partial charge is 0.383 e. The monoisotopic (exact) mass is 369 g/mol. The SMILES string of the molecule is COCCN(Cc1ccccc1)C(=O)c1ccc(SC(F)(F)F)cc1. The molecule has 0 aliphatic carbocycles. The zero-order valence-electron chi connectivity index (χ0n) is 13.6. The Labute approximate surface area is 148 Å². The number of amides is 1. The Bertz CT molecular complexity index is 675. The van der Waals surface area contributed by atoms with Crippen molar-refractivity contribution in [3.05, 3.63) is 65.7 Å². The minimum absolute atomic E-state index is 0.0514. The van der Waals surface area contributed by atoms with E-state index in [0.717, 1.165) is 5.56 Å². The van der Waals surface area contributed by atoms with Gasteiger partial charge >= 0.3 is 5.51 Å². The van der Waals surface area contributed by atoms with Crippen LogP contribution in [0.25, 0.3) is 0 Å². The summed E-state index contributed by atoms with van der Waals surface area (Å²) in [5.41, 5.74) is -3.03. The van der Waals surface area contributed by atoms with E-state index < -0.39 is 5.51 Å². The normalized spacial score (nSPS) is 11.4. The molecule has 0 saturated carbocycles. The molecular formula is C18H18F3NO2S. The molecule has 3 nitrogen and oxygen atoms in total. The summed E-state index contributed by atoms with van der Waals surface area (Å²) in [6.45, 7) is 1.17. The van der Waals surface area contributed by atoms with E-state index in [9.17, 15) is 18.0 Å². The van der Waals surface area contributed by atoms with E-state index in [-0.39, 0.29) is 22.6 Å². The van der Waals surface area contributed by atoms with Crippen molar-refractivity contribution in [1.29, 1.82) is 0 Å². The fourth-order valence-corrected chi connectivity index (χ4v) is 2.78. The third-order valence-corrected chi connectivity index (χ3v) is 4.14. The highest BCUT2D eigenvalue weighted by Gasteiger charge is 2.29. The Kier molecular flexibility index (Phi) is 6.90. The van der Waals surface area contributed by atoms with Crippen LogP contribution >= 0.6 is 11.8 Å². The van der Waals surface area contributed by atoms with E-state index in [0.29, 0.717) is 25.3 Å². The summed E-state index contributed by atoms with van der Waals surface area (Å²) in [6.07, 6.45) is 0. The van der Waals surface area contributed by atoms with Crippen LogP contribution in [0.3, 0.4) is 0 Å². The molecule has 0 N–H and O–H groups in total. The number of hydrogen-bond donors (Lipinski definition) is 0. The van der Waals surface area contributed by atoms with Crippen molar-refractivity contribution in [3.8, 4) is 0 Å². The summed E-state index contributed by atoms with van der Waals surface area (Å²) in [4.78, 5) is 14.4. The first-order valence-corrected chi connectivity index (χ1v) is 8.38. The maximum Gasteiger partial charge on any atom is 0.446 e. The molecule has 0 spiro atoms. The summed E-state index contributed by atoms with van der Waals surface area (Å²) in [6, 6.07) is 14.9. The van der Waals surface area contributed by atoms with Crippen molar-refractivity contribution in [3.63, 3.8) is 0 Å². The second-order valence-electron chi connectivity index (χ2n) is 5.28. The molecule has 2 rings (SSSR count). The van der Waals surface area contributed by atoms with Crippen molar-refractivity contribution < 1.29 is 22.7 Å². The van der Waals surface area contributed by atoms with E-state index in [1.54, 1.807) is 12.0 Å². The maximum absolute atomic E-state index is 12.7. The maximum atomic E-state index is 12.7. The van der Waals surface area contributed by atoms with Gasteiger partial charge in [-0.15, -0.1) is 0 Å². The van der Waals surface area contributed by atoms with Gasteiger partial charge in [-0.25, -0.2) is 0 Å². The van der Waals surface area contributed by atoms with Crippen LogP contribution in [0.15, 0.2) is 59.5 Å². The minimum atomic E-state index is -4.34. The summed E-state index contributed by atoms with van der Waals surface area (Å²) in [5, 5.41) is 0. The van der Waals surface area contributed by atoms with E-state index in [1.165, 1.54) is 24.3 Å². The van der Waals surface area contributed by atoms with Gasteiger partial charge < -0.3 is 9.64 Å². The van der Waals surface area contributed by atoms with Crippen LogP contribution in [0.5, 0.6) is 0 Å². The molecule has 0 radical (unpaired) electrons. The predicted octanol–water partition coefficient (Wildman–Crippen LogP) is 4.59. The Hall–Kier alpha value is -1.99. The molecule has 2 aromatic carbocycles. The number of benzene rings is 2. The van der Waals surface area contributed by atoms with Gasteiger partial charge in [0, 0.05) is 30.7 Å². The van der Waals surface area contributed by atoms with Gasteiger partial charge in [0.2, 0.25) is 0 Å². The molecule has 0 heterocycles. The molecule has 7 heteroatoms. The number of alkyl halides is 3. The molecule has 0 aliphatic rings. The number of rotatable bonds is 7. The molecule has 0 saturated heterocycles. The predicted molar refractivity (Wildman–Crippen MR) is 91.4 cm³/mol. The molecular weight excluding hydrogens is 351 g/mol. The van der Waals surface area contributed by atoms with E-state index in [4.69, 9.17) is 4.74 Å². The molecule has 0 aliphatic heterocycles. The third kappa shape index (κ3) is 6.43. The number of nitrogens with zero attached hydrogens (tertiary/aromatic N) is 1. The molecule has 0 bridgehead atoms. The fraction of sp³-hybridized carbons (Fsp3) is 0.278. The summed E-state index contributed by atoms with van der Waals surface area (Å²) < 4.78 is 42.2. The van der Waals surface area contributed by atoms with Crippen LogP contribution in [-0.4, -0.2) is 36.6 Å². The van der Waals surface area contributed by atoms with Crippen molar-refractivity contribution in [1.82, 2.24) is 4.90 Å². The van der Waals surface area contributed by atoms with Crippen LogP contribution in [-0.2, 0) is 11.3 Å². The van der Waals surface area contributed by atoms with Crippen molar-refractivity contribution in [2.45, 2.75) is 16.9 Å². The van der Waals surface area contributed by atoms with Gasteiger partial charge in [0.15, 0.2) is 0 Å². The van der Waals surface area contributed by atoms with Crippen LogP contribution in [0, 0.1) is 0 Å². The van der Waals surface area contributed by atoms with Crippen LogP contribution in [0.4, 0.5) is 13.2 Å². The van der Waals surface area contributed by atoms with Gasteiger partial charge in [-0.3, -0.25) is 4.79 Å². The first-order valence-electron chi connectivity index (χ1n) is 7.57. The molecule has 0 aromatic heterocycles. The Morgan fingerprint density at radius 3 is 2.28 bits per heavy atom. The van der Waals surface area contributed by atoms with Gasteiger partial charge in [0.1, 0.15) is 0 Å². The van der Waals surface area contributed by atoms with Gasteiger partial charge in [-0.2, -0.15) is 13.2 Å². The molecule has 25 heavy (non-hydrogen) atoms. The van der Waals surface area contributed by atoms with Crippen LogP contribution < -0.4 is 0 Å². The molecule has 1 amide bonds. The molecule has 0 atom stereocenters. The lowest BCUT2D eigenvalue weighted by Crippen LogP contribution is -2.33. The summed E-state index contributed by atoms with van der Waals surface area (Å²) in [7, 11) is 1.55. The number of halogens is 3. The molecule has 2 aromatic rings. The van der Waals surface area contributed by atoms with E-state index in [1.807, 2.05) is 30.3 Å². The number of ether oxygens (including phenoxy) is 1. The molecule has 134 valence electrons. The lowest BCUT2D eigenvalue weighted by Gasteiger charge is -2.23. The van der Waals surface area contributed by atoms with Gasteiger partial charge in [-0.1, -0.05) is 30.3 Å². The highest BCUT2D eigenvalue weighted by molar-refractivity contribution is 8.00. The van der Waals surface area contributed by atoms with Gasteiger partial charge in [0.25, 0.3) is 5.91 Å². The second-order valence-corrected chi connectivity index (χ2v) is 6.42. The van der Waals surface area contributed by atoms with E-state index >= 15 is 0 Å². The number of carbonyl (C=O) groups is 1. The average molecular weight is 369 g/mol. The highest BCUT2D eigenvalue weighted by Crippen LogP contribution is 2.36. The number of methoxy groups -OCH3 is 1. The third-order valence-electron chi connectivity index (χ3n) is 3.40. The second kappa shape index (κ2) is 8.92. The largest absolute Gasteiger partial charge is 0.446 e. The van der Waals surface area contributed by atoms with Gasteiger partial charge in [-0.05, 0) is 41.6 Å². The summed E-state index contributed by atoms with van der Waals surface area (Å²) in [5.74, 6) is -0.246. The summed E-state index contributed by atoms with van der Waals surface area (Å²) >= 11 is -0.199. The zero-order chi connectivity index (χ0) is 18.3. The first-order chi connectivity index (χ1) is 11.9. The van der Waals surface area contributed by atoms with Crippen molar-refractivity contribution >= 4 is 17.7 Å². The first kappa shape index (κ1) is 19.3. The quantitative estimate of drug-likeness (QED) is 0.669. The Balaban J connectivity index is 2.12. The van der Waals surface area contributed by atoms with Gasteiger partial charge in [0.05, 0.1) is 6.61 Å². The topological polar surface area (TPSA) is 29.5 Å². The minimum Gasteiger partial charge on any atom is -0.383 e. The van der Waals surface area contributed by atoms with Crippen LogP contribution in [0.2, 0.25) is 0 Å². The Morgan fingerprint density at radius 1 is 1.08 bits per heavy atom. The average Bonchev–Trinajstić information content (AvgIpc) is 2.58.